The monoisotopic (exact) mass is 435 g/mol. The number of carbonyl (C=O) groups is 2. The number of carbonyl (C=O) groups excluding carboxylic acids is 2. The minimum atomic E-state index is -1.05. The van der Waals surface area contributed by atoms with Crippen molar-refractivity contribution >= 4 is 23.1 Å². The number of anilines is 1. The summed E-state index contributed by atoms with van der Waals surface area (Å²) in [5.41, 5.74) is 1.16. The summed E-state index contributed by atoms with van der Waals surface area (Å²) < 4.78 is 33.2. The fourth-order valence-electron chi connectivity index (χ4n) is 3.92. The molecule has 4 rings (SSSR count). The number of Topliss-reactive ketones (excluding diaryl/α,β-unsaturated/α-hetero) is 1. The van der Waals surface area contributed by atoms with Crippen LogP contribution in [0.4, 0.5) is 14.5 Å². The fraction of sp³-hybridized carbons (Fsp3) is 0.120. The SMILES string of the molecule is COc1ccc(F)cc1/C(O)=C1\C(=O)C(=O)N(c2cccc(F)c2)C1c1ccccc1C. The highest BCUT2D eigenvalue weighted by atomic mass is 19.1. The van der Waals surface area contributed by atoms with Crippen LogP contribution in [0, 0.1) is 18.6 Å². The molecule has 1 saturated heterocycles. The minimum Gasteiger partial charge on any atom is -0.507 e. The molecule has 0 aliphatic carbocycles. The Morgan fingerprint density at radius 1 is 0.969 bits per heavy atom. The van der Waals surface area contributed by atoms with E-state index in [0.717, 1.165) is 28.7 Å². The summed E-state index contributed by atoms with van der Waals surface area (Å²) in [5, 5.41) is 11.1. The van der Waals surface area contributed by atoms with Crippen LogP contribution >= 0.6 is 0 Å². The van der Waals surface area contributed by atoms with Gasteiger partial charge in [0.25, 0.3) is 11.7 Å². The van der Waals surface area contributed by atoms with Gasteiger partial charge in [0.15, 0.2) is 0 Å². The maximum Gasteiger partial charge on any atom is 0.300 e. The molecule has 0 saturated carbocycles. The van der Waals surface area contributed by atoms with Crippen molar-refractivity contribution in [3.05, 3.63) is 101 Å². The number of ketones is 1. The zero-order chi connectivity index (χ0) is 23.0. The van der Waals surface area contributed by atoms with Gasteiger partial charge in [0.05, 0.1) is 24.3 Å². The quantitative estimate of drug-likeness (QED) is 0.359. The molecular formula is C25H19F2NO4. The van der Waals surface area contributed by atoms with Gasteiger partial charge in [0, 0.05) is 5.69 Å². The Kier molecular flexibility index (Phi) is 5.48. The number of amides is 1. The molecule has 1 atom stereocenters. The zero-order valence-corrected chi connectivity index (χ0v) is 17.3. The van der Waals surface area contributed by atoms with E-state index in [2.05, 4.69) is 0 Å². The molecule has 1 unspecified atom stereocenters. The van der Waals surface area contributed by atoms with Gasteiger partial charge in [-0.1, -0.05) is 30.3 Å². The van der Waals surface area contributed by atoms with E-state index in [1.807, 2.05) is 0 Å². The second-order valence-corrected chi connectivity index (χ2v) is 7.35. The molecule has 1 aliphatic rings. The molecule has 1 amide bonds. The summed E-state index contributed by atoms with van der Waals surface area (Å²) in [4.78, 5) is 27.4. The number of rotatable bonds is 4. The van der Waals surface area contributed by atoms with E-state index in [9.17, 15) is 23.5 Å². The van der Waals surface area contributed by atoms with Gasteiger partial charge >= 0.3 is 0 Å². The molecule has 0 radical (unpaired) electrons. The summed E-state index contributed by atoms with van der Waals surface area (Å²) in [6.07, 6.45) is 0. The molecule has 0 spiro atoms. The van der Waals surface area contributed by atoms with Crippen molar-refractivity contribution in [1.29, 1.82) is 0 Å². The van der Waals surface area contributed by atoms with Crippen LogP contribution in [0.5, 0.6) is 5.75 Å². The van der Waals surface area contributed by atoms with E-state index in [0.29, 0.717) is 5.56 Å². The van der Waals surface area contributed by atoms with Crippen LogP contribution in [0.25, 0.3) is 5.76 Å². The highest BCUT2D eigenvalue weighted by Crippen LogP contribution is 2.44. The largest absolute Gasteiger partial charge is 0.507 e. The van der Waals surface area contributed by atoms with Gasteiger partial charge in [-0.2, -0.15) is 0 Å². The number of nitrogens with zero attached hydrogens (tertiary/aromatic N) is 1. The van der Waals surface area contributed by atoms with Crippen molar-refractivity contribution in [3.8, 4) is 5.75 Å². The first-order chi connectivity index (χ1) is 15.3. The van der Waals surface area contributed by atoms with Gasteiger partial charge in [0.1, 0.15) is 23.1 Å². The molecule has 0 bridgehead atoms. The Labute approximate surface area is 183 Å². The van der Waals surface area contributed by atoms with Crippen molar-refractivity contribution in [2.24, 2.45) is 0 Å². The number of aliphatic hydroxyl groups excluding tert-OH is 1. The van der Waals surface area contributed by atoms with E-state index >= 15 is 0 Å². The number of aryl methyl sites for hydroxylation is 1. The van der Waals surface area contributed by atoms with Crippen LogP contribution < -0.4 is 9.64 Å². The van der Waals surface area contributed by atoms with Gasteiger partial charge < -0.3 is 9.84 Å². The third-order valence-corrected chi connectivity index (χ3v) is 5.43. The van der Waals surface area contributed by atoms with Crippen LogP contribution in [-0.2, 0) is 9.59 Å². The lowest BCUT2D eigenvalue weighted by Crippen LogP contribution is -2.29. The summed E-state index contributed by atoms with van der Waals surface area (Å²) in [6.45, 7) is 1.80. The first-order valence-corrected chi connectivity index (χ1v) is 9.79. The molecular weight excluding hydrogens is 416 g/mol. The molecule has 7 heteroatoms. The summed E-state index contributed by atoms with van der Waals surface area (Å²) in [6, 6.07) is 14.8. The molecule has 3 aromatic rings. The average Bonchev–Trinajstić information content (AvgIpc) is 3.04. The summed E-state index contributed by atoms with van der Waals surface area (Å²) >= 11 is 0. The van der Waals surface area contributed by atoms with E-state index in [4.69, 9.17) is 4.74 Å². The van der Waals surface area contributed by atoms with Crippen LogP contribution in [0.15, 0.2) is 72.3 Å². The number of ether oxygens (including phenoxy) is 1. The van der Waals surface area contributed by atoms with Gasteiger partial charge in [-0.15, -0.1) is 0 Å². The topological polar surface area (TPSA) is 66.8 Å². The zero-order valence-electron chi connectivity index (χ0n) is 17.3. The molecule has 1 fully saturated rings. The number of halogens is 2. The number of aliphatic hydroxyl groups is 1. The lowest BCUT2D eigenvalue weighted by molar-refractivity contribution is -0.132. The Morgan fingerprint density at radius 3 is 2.38 bits per heavy atom. The highest BCUT2D eigenvalue weighted by molar-refractivity contribution is 6.51. The van der Waals surface area contributed by atoms with Crippen LogP contribution in [0.1, 0.15) is 22.7 Å². The first-order valence-electron chi connectivity index (χ1n) is 9.79. The number of hydrogen-bond donors (Lipinski definition) is 1. The van der Waals surface area contributed by atoms with Crippen molar-refractivity contribution in [2.75, 3.05) is 12.0 Å². The van der Waals surface area contributed by atoms with Crippen LogP contribution in [0.2, 0.25) is 0 Å². The van der Waals surface area contributed by atoms with Crippen molar-refractivity contribution < 1.29 is 28.2 Å². The standard InChI is InChI=1S/C25H19F2NO4/c1-14-6-3-4-9-18(14)22-21(23(29)19-13-16(27)10-11-20(19)32-2)24(30)25(31)28(22)17-8-5-7-15(26)12-17/h3-13,22,29H,1-2H3/b23-21+. The van der Waals surface area contributed by atoms with Crippen LogP contribution in [0.3, 0.4) is 0 Å². The number of hydrogen-bond acceptors (Lipinski definition) is 4. The fourth-order valence-corrected chi connectivity index (χ4v) is 3.92. The molecule has 1 heterocycles. The Bertz CT molecular complexity index is 1270. The Balaban J connectivity index is 2.02. The molecule has 1 N–H and O–H groups in total. The normalized spacial score (nSPS) is 17.6. The molecule has 162 valence electrons. The molecule has 32 heavy (non-hydrogen) atoms. The van der Waals surface area contributed by atoms with E-state index in [1.165, 1.54) is 31.4 Å². The number of benzene rings is 3. The summed E-state index contributed by atoms with van der Waals surface area (Å²) in [5.74, 6) is -3.58. The molecule has 0 aromatic heterocycles. The third-order valence-electron chi connectivity index (χ3n) is 5.43. The van der Waals surface area contributed by atoms with E-state index in [-0.39, 0.29) is 22.6 Å². The molecule has 1 aliphatic heterocycles. The first kappa shape index (κ1) is 21.2. The van der Waals surface area contributed by atoms with Gasteiger partial charge in [-0.25, -0.2) is 8.78 Å². The minimum absolute atomic E-state index is 0.0664. The van der Waals surface area contributed by atoms with Gasteiger partial charge in [-0.05, 0) is 54.4 Å². The van der Waals surface area contributed by atoms with Gasteiger partial charge in [-0.3, -0.25) is 14.5 Å². The van der Waals surface area contributed by atoms with Gasteiger partial charge in [0.2, 0.25) is 0 Å². The maximum absolute atomic E-state index is 14.0. The predicted molar refractivity (Wildman–Crippen MR) is 115 cm³/mol. The molecule has 5 nitrogen and oxygen atoms in total. The van der Waals surface area contributed by atoms with Crippen LogP contribution in [-0.4, -0.2) is 23.9 Å². The van der Waals surface area contributed by atoms with E-state index in [1.54, 1.807) is 31.2 Å². The predicted octanol–water partition coefficient (Wildman–Crippen LogP) is 4.91. The molecule has 3 aromatic carbocycles. The lowest BCUT2D eigenvalue weighted by Gasteiger charge is -2.26. The third kappa shape index (κ3) is 3.51. The maximum atomic E-state index is 14.0. The van der Waals surface area contributed by atoms with Crippen molar-refractivity contribution in [1.82, 2.24) is 0 Å². The second-order valence-electron chi connectivity index (χ2n) is 7.35. The second kappa shape index (κ2) is 8.26. The Morgan fingerprint density at radius 2 is 1.69 bits per heavy atom. The Hall–Kier alpha value is -4.00. The van der Waals surface area contributed by atoms with Crippen molar-refractivity contribution in [2.45, 2.75) is 13.0 Å². The highest BCUT2D eigenvalue weighted by Gasteiger charge is 2.47. The van der Waals surface area contributed by atoms with Crippen molar-refractivity contribution in [3.63, 3.8) is 0 Å². The smallest absolute Gasteiger partial charge is 0.300 e. The average molecular weight is 435 g/mol. The lowest BCUT2D eigenvalue weighted by atomic mass is 9.92. The summed E-state index contributed by atoms with van der Waals surface area (Å²) in [7, 11) is 1.34. The van der Waals surface area contributed by atoms with E-state index < -0.39 is 35.1 Å². The number of methoxy groups -OCH3 is 1.